The number of hydrogen-bond acceptors (Lipinski definition) is 0. The molecule has 1 atom stereocenters. The van der Waals surface area contributed by atoms with Crippen LogP contribution in [0.1, 0.15) is 232 Å². The van der Waals surface area contributed by atoms with Crippen LogP contribution >= 0.6 is 0 Å². The highest BCUT2D eigenvalue weighted by Crippen LogP contribution is 2.22. The Bertz CT molecular complexity index is 385. The minimum atomic E-state index is 0.906. The van der Waals surface area contributed by atoms with E-state index in [4.69, 9.17) is 0 Å². The lowest BCUT2D eigenvalue weighted by molar-refractivity contribution is 0.404. The van der Waals surface area contributed by atoms with Gasteiger partial charge in [-0.25, -0.2) is 0 Å². The molecule has 0 aromatic heterocycles. The molecular formula is C38H77. The molecule has 0 heteroatoms. The van der Waals surface area contributed by atoms with E-state index in [0.29, 0.717) is 0 Å². The van der Waals surface area contributed by atoms with Crippen LogP contribution in [0.25, 0.3) is 0 Å². The van der Waals surface area contributed by atoms with E-state index in [1.54, 1.807) is 0 Å². The summed E-state index contributed by atoms with van der Waals surface area (Å²) in [7, 11) is 0. The van der Waals surface area contributed by atoms with E-state index >= 15 is 0 Å². The van der Waals surface area contributed by atoms with Gasteiger partial charge in [-0.1, -0.05) is 239 Å². The SMILES string of the molecule is [CH2]CC(CCCCCCCCCCCCCCCCC)CCCCCCCCCCCCCCCCCC. The van der Waals surface area contributed by atoms with Gasteiger partial charge in [-0.15, -0.1) is 0 Å². The maximum atomic E-state index is 4.27. The Labute approximate surface area is 244 Å². The van der Waals surface area contributed by atoms with Gasteiger partial charge in [0.05, 0.1) is 0 Å². The van der Waals surface area contributed by atoms with E-state index in [1.807, 2.05) is 0 Å². The predicted octanol–water partition coefficient (Wildman–Crippen LogP) is 14.7. The molecule has 0 fully saturated rings. The third-order valence-corrected chi connectivity index (χ3v) is 9.09. The van der Waals surface area contributed by atoms with Crippen LogP contribution in [0.15, 0.2) is 0 Å². The summed E-state index contributed by atoms with van der Waals surface area (Å²) in [6.07, 6.45) is 49.5. The zero-order chi connectivity index (χ0) is 27.6. The summed E-state index contributed by atoms with van der Waals surface area (Å²) in [6, 6.07) is 0. The van der Waals surface area contributed by atoms with Crippen LogP contribution in [0.3, 0.4) is 0 Å². The fourth-order valence-electron chi connectivity index (χ4n) is 6.22. The molecular weight excluding hydrogens is 456 g/mol. The smallest absolute Gasteiger partial charge is 0.0414 e. The van der Waals surface area contributed by atoms with E-state index in [0.717, 1.165) is 12.3 Å². The number of rotatable bonds is 34. The van der Waals surface area contributed by atoms with Crippen LogP contribution in [-0.2, 0) is 0 Å². The molecule has 0 saturated heterocycles. The van der Waals surface area contributed by atoms with Gasteiger partial charge in [0.25, 0.3) is 0 Å². The molecule has 0 heterocycles. The van der Waals surface area contributed by atoms with E-state index in [1.165, 1.54) is 212 Å². The van der Waals surface area contributed by atoms with Crippen molar-refractivity contribution in [2.75, 3.05) is 0 Å². The quantitative estimate of drug-likeness (QED) is 0.0721. The average Bonchev–Trinajstić information content (AvgIpc) is 2.93. The molecule has 0 aromatic carbocycles. The molecule has 0 rings (SSSR count). The maximum Gasteiger partial charge on any atom is -0.0414 e. The zero-order valence-corrected chi connectivity index (χ0v) is 27.3. The third kappa shape index (κ3) is 32.2. The predicted molar refractivity (Wildman–Crippen MR) is 177 cm³/mol. The van der Waals surface area contributed by atoms with Gasteiger partial charge in [0.15, 0.2) is 0 Å². The Morgan fingerprint density at radius 1 is 0.289 bits per heavy atom. The molecule has 0 aliphatic carbocycles. The monoisotopic (exact) mass is 534 g/mol. The molecule has 0 bridgehead atoms. The summed E-state index contributed by atoms with van der Waals surface area (Å²) in [5.41, 5.74) is 0. The largest absolute Gasteiger partial charge is 0.0654 e. The minimum absolute atomic E-state index is 0.906. The first kappa shape index (κ1) is 38.0. The lowest BCUT2D eigenvalue weighted by Crippen LogP contribution is -1.99. The summed E-state index contributed by atoms with van der Waals surface area (Å²) in [6.45, 7) is 8.88. The number of unbranched alkanes of at least 4 members (excludes halogenated alkanes) is 29. The highest BCUT2D eigenvalue weighted by atomic mass is 14.1. The molecule has 0 aliphatic rings. The second-order valence-corrected chi connectivity index (χ2v) is 13.0. The minimum Gasteiger partial charge on any atom is -0.0654 e. The Morgan fingerprint density at radius 3 is 0.658 bits per heavy atom. The van der Waals surface area contributed by atoms with Crippen molar-refractivity contribution in [1.29, 1.82) is 0 Å². The van der Waals surface area contributed by atoms with Crippen LogP contribution in [-0.4, -0.2) is 0 Å². The first-order valence-electron chi connectivity index (χ1n) is 18.6. The van der Waals surface area contributed by atoms with Crippen molar-refractivity contribution in [2.24, 2.45) is 5.92 Å². The molecule has 0 spiro atoms. The van der Waals surface area contributed by atoms with Gasteiger partial charge in [0.1, 0.15) is 0 Å². The van der Waals surface area contributed by atoms with E-state index in [-0.39, 0.29) is 0 Å². The normalized spacial score (nSPS) is 12.4. The third-order valence-electron chi connectivity index (χ3n) is 9.09. The van der Waals surface area contributed by atoms with Gasteiger partial charge in [-0.3, -0.25) is 0 Å². The van der Waals surface area contributed by atoms with Crippen LogP contribution in [0, 0.1) is 12.8 Å². The summed E-state index contributed by atoms with van der Waals surface area (Å²) in [5.74, 6) is 0.906. The topological polar surface area (TPSA) is 0 Å². The van der Waals surface area contributed by atoms with Gasteiger partial charge in [0, 0.05) is 0 Å². The summed E-state index contributed by atoms with van der Waals surface area (Å²) < 4.78 is 0. The van der Waals surface area contributed by atoms with Gasteiger partial charge < -0.3 is 0 Å². The second kappa shape index (κ2) is 35.0. The molecule has 0 saturated carbocycles. The first-order valence-corrected chi connectivity index (χ1v) is 18.6. The average molecular weight is 534 g/mol. The van der Waals surface area contributed by atoms with Crippen molar-refractivity contribution in [3.63, 3.8) is 0 Å². The molecule has 1 radical (unpaired) electrons. The molecule has 38 heavy (non-hydrogen) atoms. The van der Waals surface area contributed by atoms with E-state index in [9.17, 15) is 0 Å². The van der Waals surface area contributed by atoms with Crippen molar-refractivity contribution in [2.45, 2.75) is 232 Å². The van der Waals surface area contributed by atoms with E-state index in [2.05, 4.69) is 20.8 Å². The molecule has 0 aromatic rings. The molecule has 0 aliphatic heterocycles. The first-order chi connectivity index (χ1) is 18.8. The van der Waals surface area contributed by atoms with E-state index < -0.39 is 0 Å². The van der Waals surface area contributed by atoms with Crippen molar-refractivity contribution < 1.29 is 0 Å². The van der Waals surface area contributed by atoms with Gasteiger partial charge in [-0.2, -0.15) is 0 Å². The van der Waals surface area contributed by atoms with Crippen LogP contribution in [0.4, 0.5) is 0 Å². The van der Waals surface area contributed by atoms with Crippen LogP contribution < -0.4 is 0 Å². The maximum absolute atomic E-state index is 4.27. The second-order valence-electron chi connectivity index (χ2n) is 13.0. The molecule has 1 unspecified atom stereocenters. The zero-order valence-electron chi connectivity index (χ0n) is 27.3. The summed E-state index contributed by atoms with van der Waals surface area (Å²) in [4.78, 5) is 0. The van der Waals surface area contributed by atoms with Crippen molar-refractivity contribution in [1.82, 2.24) is 0 Å². The standard InChI is InChI=1S/C38H77/c1-4-7-9-11-13-15-17-19-21-23-25-27-29-31-33-35-37-38(6-3)36-34-32-30-28-26-24-22-20-18-16-14-12-10-8-5-2/h38H,3-37H2,1-2H3. The van der Waals surface area contributed by atoms with Crippen molar-refractivity contribution in [3.8, 4) is 0 Å². The Kier molecular flexibility index (Phi) is 35.0. The molecule has 0 nitrogen and oxygen atoms in total. The highest BCUT2D eigenvalue weighted by molar-refractivity contribution is 4.62. The Morgan fingerprint density at radius 2 is 0.474 bits per heavy atom. The lowest BCUT2D eigenvalue weighted by atomic mass is 9.92. The van der Waals surface area contributed by atoms with Crippen LogP contribution in [0.5, 0.6) is 0 Å². The molecule has 0 amide bonds. The Balaban J connectivity index is 3.25. The summed E-state index contributed by atoms with van der Waals surface area (Å²) in [5, 5.41) is 0. The van der Waals surface area contributed by atoms with Crippen molar-refractivity contribution in [3.05, 3.63) is 6.92 Å². The fourth-order valence-corrected chi connectivity index (χ4v) is 6.22. The Hall–Kier alpha value is 0. The van der Waals surface area contributed by atoms with Gasteiger partial charge in [0.2, 0.25) is 0 Å². The number of hydrogen-bond donors (Lipinski definition) is 0. The highest BCUT2D eigenvalue weighted by Gasteiger charge is 2.06. The van der Waals surface area contributed by atoms with Gasteiger partial charge >= 0.3 is 0 Å². The lowest BCUT2D eigenvalue weighted by Gasteiger charge is -2.14. The van der Waals surface area contributed by atoms with Gasteiger partial charge in [-0.05, 0) is 5.92 Å². The van der Waals surface area contributed by atoms with Crippen molar-refractivity contribution >= 4 is 0 Å². The summed E-state index contributed by atoms with van der Waals surface area (Å²) >= 11 is 0. The fraction of sp³-hybridized carbons (Fsp3) is 0.974. The van der Waals surface area contributed by atoms with Crippen LogP contribution in [0.2, 0.25) is 0 Å². The molecule has 229 valence electrons. The molecule has 0 N–H and O–H groups in total.